The number of methoxy groups -OCH3 is 1. The van der Waals surface area contributed by atoms with Crippen molar-refractivity contribution in [2.24, 2.45) is 0 Å². The van der Waals surface area contributed by atoms with E-state index in [4.69, 9.17) is 9.16 Å². The summed E-state index contributed by atoms with van der Waals surface area (Å²) in [6, 6.07) is 27.0. The number of aliphatic hydroxyl groups excluding tert-OH is 1. The predicted octanol–water partition coefficient (Wildman–Crippen LogP) is 4.26. The van der Waals surface area contributed by atoms with Crippen LogP contribution in [0.2, 0.25) is 5.04 Å². The first-order valence-electron chi connectivity index (χ1n) is 9.94. The molecule has 0 radical (unpaired) electrons. The molecular weight excluding hydrogens is 376 g/mol. The minimum absolute atomic E-state index is 0.00773. The molecule has 0 heterocycles. The number of hydrogen-bond acceptors (Lipinski definition) is 3. The van der Waals surface area contributed by atoms with Gasteiger partial charge in [0.25, 0.3) is 8.32 Å². The number of aliphatic hydroxyl groups is 1. The van der Waals surface area contributed by atoms with E-state index >= 15 is 0 Å². The van der Waals surface area contributed by atoms with Crippen molar-refractivity contribution in [2.45, 2.75) is 39.0 Å². The molecule has 1 N–H and O–H groups in total. The molecule has 0 fully saturated rings. The van der Waals surface area contributed by atoms with Gasteiger partial charge in [-0.05, 0) is 27.0 Å². The van der Waals surface area contributed by atoms with Crippen LogP contribution in [0.3, 0.4) is 0 Å². The highest BCUT2D eigenvalue weighted by atomic mass is 28.4. The third kappa shape index (κ3) is 4.30. The van der Waals surface area contributed by atoms with Crippen molar-refractivity contribution in [3.63, 3.8) is 0 Å². The summed E-state index contributed by atoms with van der Waals surface area (Å²) in [7, 11) is -0.939. The second kappa shape index (κ2) is 8.95. The molecule has 0 unspecified atom stereocenters. The minimum atomic E-state index is -2.59. The molecule has 0 saturated carbocycles. The molecule has 0 aliphatic rings. The van der Waals surface area contributed by atoms with Gasteiger partial charge in [0.05, 0.1) is 20.3 Å². The monoisotopic (exact) mass is 406 g/mol. The molecule has 0 saturated heterocycles. The Labute approximate surface area is 175 Å². The fraction of sp³-hybridized carbons (Fsp3) is 0.280. The van der Waals surface area contributed by atoms with E-state index < -0.39 is 8.32 Å². The Bertz CT molecular complexity index is 878. The van der Waals surface area contributed by atoms with Gasteiger partial charge in [0, 0.05) is 5.56 Å². The van der Waals surface area contributed by atoms with E-state index in [2.05, 4.69) is 69.3 Å². The topological polar surface area (TPSA) is 38.7 Å². The maximum Gasteiger partial charge on any atom is 0.261 e. The first-order chi connectivity index (χ1) is 13.9. The van der Waals surface area contributed by atoms with Crippen molar-refractivity contribution in [1.29, 1.82) is 0 Å². The Kier molecular flexibility index (Phi) is 6.58. The molecule has 152 valence electrons. The molecule has 0 spiro atoms. The maximum atomic E-state index is 9.43. The Morgan fingerprint density at radius 2 is 1.38 bits per heavy atom. The molecule has 3 rings (SSSR count). The average Bonchev–Trinajstić information content (AvgIpc) is 2.74. The highest BCUT2D eigenvalue weighted by Crippen LogP contribution is 2.37. The molecule has 0 aromatic heterocycles. The lowest BCUT2D eigenvalue weighted by molar-refractivity contribution is 0.274. The van der Waals surface area contributed by atoms with Crippen LogP contribution in [0.5, 0.6) is 5.75 Å². The van der Waals surface area contributed by atoms with Crippen LogP contribution in [0.25, 0.3) is 0 Å². The summed E-state index contributed by atoms with van der Waals surface area (Å²) in [6.45, 7) is 7.25. The smallest absolute Gasteiger partial charge is 0.261 e. The van der Waals surface area contributed by atoms with Crippen molar-refractivity contribution in [1.82, 2.24) is 0 Å². The summed E-state index contributed by atoms with van der Waals surface area (Å²) in [4.78, 5) is 0. The zero-order valence-electron chi connectivity index (χ0n) is 17.7. The van der Waals surface area contributed by atoms with Crippen LogP contribution in [-0.2, 0) is 17.6 Å². The molecule has 3 aromatic carbocycles. The van der Waals surface area contributed by atoms with E-state index in [0.29, 0.717) is 6.61 Å². The van der Waals surface area contributed by atoms with E-state index in [1.165, 1.54) is 10.4 Å². The van der Waals surface area contributed by atoms with Gasteiger partial charge in [0.2, 0.25) is 0 Å². The largest absolute Gasteiger partial charge is 0.496 e. The first kappa shape index (κ1) is 21.3. The molecule has 0 atom stereocenters. The van der Waals surface area contributed by atoms with Crippen LogP contribution < -0.4 is 15.1 Å². The number of ether oxygens (including phenoxy) is 1. The Balaban J connectivity index is 2.10. The molecular formula is C25H30O3Si. The van der Waals surface area contributed by atoms with Gasteiger partial charge in [-0.15, -0.1) is 0 Å². The lowest BCUT2D eigenvalue weighted by atomic mass is 10.1. The summed E-state index contributed by atoms with van der Waals surface area (Å²) in [6.07, 6.45) is 0. The SMILES string of the molecule is COc1cc(CO)ccc1CO[Si](c1ccccc1)(c1ccccc1)C(C)(C)C. The third-order valence-corrected chi connectivity index (χ3v) is 10.4. The summed E-state index contributed by atoms with van der Waals surface area (Å²) < 4.78 is 12.5. The van der Waals surface area contributed by atoms with Gasteiger partial charge in [0.1, 0.15) is 5.75 Å². The standard InChI is InChI=1S/C25H30O3Si/c1-25(2,3)29(22-11-7-5-8-12-22,23-13-9-6-10-14-23)28-19-21-16-15-20(18-26)17-24(21)27-4/h5-17,26H,18-19H2,1-4H3. The van der Waals surface area contributed by atoms with Gasteiger partial charge >= 0.3 is 0 Å². The summed E-state index contributed by atoms with van der Waals surface area (Å²) >= 11 is 0. The fourth-order valence-electron chi connectivity index (χ4n) is 3.95. The number of hydrogen-bond donors (Lipinski definition) is 1. The van der Waals surface area contributed by atoms with Gasteiger partial charge in [0.15, 0.2) is 0 Å². The summed E-state index contributed by atoms with van der Waals surface area (Å²) in [5.41, 5.74) is 1.81. The van der Waals surface area contributed by atoms with Crippen molar-refractivity contribution in [3.05, 3.63) is 90.0 Å². The predicted molar refractivity (Wildman–Crippen MR) is 121 cm³/mol. The van der Waals surface area contributed by atoms with Crippen LogP contribution in [0.4, 0.5) is 0 Å². The van der Waals surface area contributed by atoms with Gasteiger partial charge < -0.3 is 14.3 Å². The summed E-state index contributed by atoms with van der Waals surface area (Å²) in [5, 5.41) is 11.9. The van der Waals surface area contributed by atoms with Crippen LogP contribution >= 0.6 is 0 Å². The molecule has 29 heavy (non-hydrogen) atoms. The van der Waals surface area contributed by atoms with E-state index in [1.54, 1.807) is 7.11 Å². The average molecular weight is 407 g/mol. The van der Waals surface area contributed by atoms with E-state index in [-0.39, 0.29) is 11.6 Å². The second-order valence-electron chi connectivity index (χ2n) is 8.26. The normalized spacial score (nSPS) is 12.0. The van der Waals surface area contributed by atoms with E-state index in [1.807, 2.05) is 30.3 Å². The molecule has 3 aromatic rings. The Hall–Kier alpha value is -2.40. The van der Waals surface area contributed by atoms with Gasteiger partial charge in [-0.2, -0.15) is 0 Å². The maximum absolute atomic E-state index is 9.43. The number of benzene rings is 3. The lowest BCUT2D eigenvalue weighted by Crippen LogP contribution is -2.66. The van der Waals surface area contributed by atoms with Gasteiger partial charge in [-0.25, -0.2) is 0 Å². The van der Waals surface area contributed by atoms with Crippen molar-refractivity contribution >= 4 is 18.7 Å². The van der Waals surface area contributed by atoms with Crippen LogP contribution in [0.15, 0.2) is 78.9 Å². The molecule has 4 heteroatoms. The molecule has 0 aliphatic carbocycles. The third-order valence-electron chi connectivity index (χ3n) is 5.40. The van der Waals surface area contributed by atoms with Crippen molar-refractivity contribution < 1.29 is 14.3 Å². The molecule has 3 nitrogen and oxygen atoms in total. The lowest BCUT2D eigenvalue weighted by Gasteiger charge is -2.43. The highest BCUT2D eigenvalue weighted by Gasteiger charge is 2.50. The Morgan fingerprint density at radius 1 is 0.828 bits per heavy atom. The van der Waals surface area contributed by atoms with Crippen LogP contribution in [0.1, 0.15) is 31.9 Å². The zero-order chi connectivity index (χ0) is 20.9. The molecule has 0 bridgehead atoms. The summed E-state index contributed by atoms with van der Waals surface area (Å²) in [5.74, 6) is 0.745. The van der Waals surface area contributed by atoms with Crippen molar-refractivity contribution in [3.8, 4) is 5.75 Å². The second-order valence-corrected chi connectivity index (χ2v) is 12.6. The number of rotatable bonds is 7. The van der Waals surface area contributed by atoms with Gasteiger partial charge in [-0.3, -0.25) is 0 Å². The Morgan fingerprint density at radius 3 is 1.83 bits per heavy atom. The molecule has 0 amide bonds. The minimum Gasteiger partial charge on any atom is -0.496 e. The zero-order valence-corrected chi connectivity index (χ0v) is 18.7. The first-order valence-corrected chi connectivity index (χ1v) is 11.8. The van der Waals surface area contributed by atoms with Crippen LogP contribution in [-0.4, -0.2) is 20.5 Å². The van der Waals surface area contributed by atoms with Gasteiger partial charge in [-0.1, -0.05) is 93.6 Å². The fourth-order valence-corrected chi connectivity index (χ4v) is 8.48. The highest BCUT2D eigenvalue weighted by molar-refractivity contribution is 6.99. The van der Waals surface area contributed by atoms with E-state index in [9.17, 15) is 5.11 Å². The van der Waals surface area contributed by atoms with Crippen molar-refractivity contribution in [2.75, 3.05) is 7.11 Å². The van der Waals surface area contributed by atoms with Crippen LogP contribution in [0, 0.1) is 0 Å². The molecule has 0 aliphatic heterocycles. The quantitative estimate of drug-likeness (QED) is 0.596. The van der Waals surface area contributed by atoms with E-state index in [0.717, 1.165) is 16.9 Å².